The van der Waals surface area contributed by atoms with E-state index in [1.54, 1.807) is 36.2 Å². The number of likely N-dealkylation sites (tertiary alicyclic amines) is 1. The minimum atomic E-state index is -0.383. The highest BCUT2D eigenvalue weighted by Crippen LogP contribution is 2.42. The Kier molecular flexibility index (Phi) is 8.13. The van der Waals surface area contributed by atoms with Crippen LogP contribution in [0.3, 0.4) is 0 Å². The first-order chi connectivity index (χ1) is 21.3. The molecule has 1 unspecified atom stereocenters. The van der Waals surface area contributed by atoms with E-state index in [9.17, 15) is 18.4 Å². The molecule has 0 spiro atoms. The Hall–Kier alpha value is -4.64. The zero-order valence-corrected chi connectivity index (χ0v) is 25.2. The van der Waals surface area contributed by atoms with Crippen LogP contribution in [0, 0.1) is 11.6 Å². The molecule has 5 aromatic rings. The van der Waals surface area contributed by atoms with Gasteiger partial charge in [-0.15, -0.1) is 0 Å². The number of hydrogen-bond acceptors (Lipinski definition) is 7. The quantitative estimate of drug-likeness (QED) is 0.195. The van der Waals surface area contributed by atoms with Crippen LogP contribution in [-0.2, 0) is 0 Å². The Balaban J connectivity index is 1.36. The van der Waals surface area contributed by atoms with Crippen LogP contribution in [0.5, 0.6) is 0 Å². The lowest BCUT2D eigenvalue weighted by Gasteiger charge is -2.34. The monoisotopic (exact) mass is 616 g/mol. The fourth-order valence-electron chi connectivity index (χ4n) is 5.68. The highest BCUT2D eigenvalue weighted by atomic mass is 32.2. The molecule has 1 N–H and O–H groups in total. The van der Waals surface area contributed by atoms with Crippen LogP contribution in [0.4, 0.5) is 14.5 Å². The van der Waals surface area contributed by atoms with Crippen molar-refractivity contribution in [3.8, 4) is 22.8 Å². The summed E-state index contributed by atoms with van der Waals surface area (Å²) in [6.45, 7) is 1.00. The summed E-state index contributed by atoms with van der Waals surface area (Å²) in [6.07, 6.45) is 4.91. The molecule has 6 rings (SSSR count). The molecule has 0 bridgehead atoms. The summed E-state index contributed by atoms with van der Waals surface area (Å²) in [5.74, 6) is -0.750. The van der Waals surface area contributed by atoms with Crippen LogP contribution >= 0.6 is 11.9 Å². The summed E-state index contributed by atoms with van der Waals surface area (Å²) >= 11 is 1.53. The van der Waals surface area contributed by atoms with E-state index >= 15 is 0 Å². The lowest BCUT2D eigenvalue weighted by molar-refractivity contribution is 0.0701. The van der Waals surface area contributed by atoms with E-state index in [4.69, 9.17) is 8.83 Å². The molecule has 3 aromatic carbocycles. The van der Waals surface area contributed by atoms with Crippen molar-refractivity contribution in [3.63, 3.8) is 0 Å². The Morgan fingerprint density at radius 1 is 1.05 bits per heavy atom. The molecular weight excluding hydrogens is 586 g/mol. The molecule has 11 heteroatoms. The maximum absolute atomic E-state index is 13.7. The summed E-state index contributed by atoms with van der Waals surface area (Å²) in [6, 6.07) is 15.5. The van der Waals surface area contributed by atoms with Gasteiger partial charge in [0, 0.05) is 61.9 Å². The van der Waals surface area contributed by atoms with Gasteiger partial charge in [-0.1, -0.05) is 11.9 Å². The molecule has 3 heterocycles. The number of furan rings is 1. The number of hydrogen-bond donors (Lipinski definition) is 1. The van der Waals surface area contributed by atoms with Crippen molar-refractivity contribution < 1.29 is 27.2 Å². The number of nitrogens with zero attached hydrogens (tertiary/aromatic N) is 3. The van der Waals surface area contributed by atoms with Crippen molar-refractivity contribution >= 4 is 40.4 Å². The van der Waals surface area contributed by atoms with Crippen molar-refractivity contribution in [3.05, 3.63) is 95.4 Å². The molecular formula is C33H30F2N4O4S. The van der Waals surface area contributed by atoms with Gasteiger partial charge in [0.15, 0.2) is 5.69 Å². The van der Waals surface area contributed by atoms with E-state index in [1.807, 2.05) is 29.7 Å². The van der Waals surface area contributed by atoms with Gasteiger partial charge in [-0.2, -0.15) is 0 Å². The molecule has 1 aliphatic rings. The van der Waals surface area contributed by atoms with Crippen LogP contribution in [0.15, 0.2) is 75.8 Å². The summed E-state index contributed by atoms with van der Waals surface area (Å²) in [7, 11) is 3.51. The highest BCUT2D eigenvalue weighted by Gasteiger charge is 2.31. The maximum Gasteiger partial charge on any atom is 0.275 e. The number of fused-ring (bicyclic) bond motifs is 1. The lowest BCUT2D eigenvalue weighted by Crippen LogP contribution is -2.39. The number of oxazole rings is 1. The summed E-state index contributed by atoms with van der Waals surface area (Å²) in [4.78, 5) is 32.9. The van der Waals surface area contributed by atoms with Gasteiger partial charge in [0.1, 0.15) is 29.2 Å². The second-order valence-corrected chi connectivity index (χ2v) is 11.5. The van der Waals surface area contributed by atoms with Crippen LogP contribution in [0.2, 0.25) is 0 Å². The van der Waals surface area contributed by atoms with Gasteiger partial charge < -0.3 is 23.4 Å². The maximum atomic E-state index is 13.7. The van der Waals surface area contributed by atoms with Gasteiger partial charge in [0.05, 0.1) is 11.3 Å². The topological polar surface area (TPSA) is 91.8 Å². The second-order valence-electron chi connectivity index (χ2n) is 10.6. The molecule has 0 radical (unpaired) electrons. The predicted octanol–water partition coefficient (Wildman–Crippen LogP) is 7.13. The van der Waals surface area contributed by atoms with Crippen molar-refractivity contribution in [1.82, 2.24) is 15.2 Å². The number of aromatic nitrogens is 1. The number of amides is 2. The summed E-state index contributed by atoms with van der Waals surface area (Å²) in [5.41, 5.74) is 4.14. The molecule has 0 aliphatic carbocycles. The van der Waals surface area contributed by atoms with Gasteiger partial charge in [-0.25, -0.2) is 13.8 Å². The normalized spacial score (nSPS) is 15.0. The SMILES string of the molecule is CNC(=O)c1c(-c2ccc(F)cc2)oc2cc(N(C)SC)c(C3CCCN(C(=O)c4coc(-c5ccc(F)cc5)n4)C3)cc12. The van der Waals surface area contributed by atoms with Crippen molar-refractivity contribution in [2.24, 2.45) is 0 Å². The average Bonchev–Trinajstić information content (AvgIpc) is 3.69. The van der Waals surface area contributed by atoms with E-state index in [1.165, 1.54) is 42.5 Å². The Morgan fingerprint density at radius 2 is 1.73 bits per heavy atom. The molecule has 2 amide bonds. The smallest absolute Gasteiger partial charge is 0.275 e. The fourth-order valence-corrected chi connectivity index (χ4v) is 6.03. The number of benzene rings is 3. The van der Waals surface area contributed by atoms with Gasteiger partial charge in [-0.3, -0.25) is 9.59 Å². The lowest BCUT2D eigenvalue weighted by atomic mass is 9.88. The zero-order valence-electron chi connectivity index (χ0n) is 24.4. The first kappa shape index (κ1) is 29.4. The third kappa shape index (κ3) is 5.55. The Labute approximate surface area is 257 Å². The minimum Gasteiger partial charge on any atom is -0.455 e. The third-order valence-electron chi connectivity index (χ3n) is 7.97. The van der Waals surface area contributed by atoms with Crippen LogP contribution in [0.1, 0.15) is 45.2 Å². The molecule has 1 fully saturated rings. The van der Waals surface area contributed by atoms with Crippen molar-refractivity contribution in [1.29, 1.82) is 0 Å². The van der Waals surface area contributed by atoms with Crippen LogP contribution < -0.4 is 9.62 Å². The number of anilines is 1. The molecule has 8 nitrogen and oxygen atoms in total. The van der Waals surface area contributed by atoms with Gasteiger partial charge in [-0.05, 0) is 73.0 Å². The first-order valence-electron chi connectivity index (χ1n) is 14.1. The molecule has 226 valence electrons. The first-order valence-corrected chi connectivity index (χ1v) is 15.3. The van der Waals surface area contributed by atoms with Crippen molar-refractivity contribution in [2.75, 3.05) is 37.7 Å². The number of nitrogens with one attached hydrogen (secondary N) is 1. The highest BCUT2D eigenvalue weighted by molar-refractivity contribution is 7.99. The number of carbonyl (C=O) groups excluding carboxylic acids is 2. The van der Waals surface area contributed by atoms with Crippen LogP contribution in [0.25, 0.3) is 33.7 Å². The minimum absolute atomic E-state index is 0.0353. The zero-order chi connectivity index (χ0) is 31.0. The van der Waals surface area contributed by atoms with E-state index in [0.717, 1.165) is 24.1 Å². The molecule has 1 aliphatic heterocycles. The Bertz CT molecular complexity index is 1840. The molecule has 1 saturated heterocycles. The van der Waals surface area contributed by atoms with Crippen LogP contribution in [-0.4, -0.2) is 55.1 Å². The average molecular weight is 617 g/mol. The number of carbonyl (C=O) groups is 2. The summed E-state index contributed by atoms with van der Waals surface area (Å²) < 4.78 is 40.9. The van der Waals surface area contributed by atoms with Gasteiger partial charge in [0.25, 0.3) is 11.8 Å². The standard InChI is InChI=1S/C33H30F2N4O4S/c1-36-31(40)29-25-15-24(27(38(2)44-3)16-28(25)43-30(29)19-6-10-22(34)11-7-19)21-5-4-14-39(17-21)33(41)26-18-42-32(37-26)20-8-12-23(35)13-9-20/h6-13,15-16,18,21H,4-5,14,17H2,1-3H3,(H,36,40). The number of halogens is 2. The van der Waals surface area contributed by atoms with E-state index < -0.39 is 0 Å². The van der Waals surface area contributed by atoms with Gasteiger partial charge >= 0.3 is 0 Å². The fraction of sp³-hybridized carbons (Fsp3) is 0.242. The number of rotatable bonds is 7. The largest absolute Gasteiger partial charge is 0.455 e. The molecule has 0 saturated carbocycles. The van der Waals surface area contributed by atoms with Gasteiger partial charge in [0.2, 0.25) is 5.89 Å². The molecule has 1 atom stereocenters. The van der Waals surface area contributed by atoms with E-state index in [2.05, 4.69) is 10.3 Å². The molecule has 44 heavy (non-hydrogen) atoms. The van der Waals surface area contributed by atoms with E-state index in [0.29, 0.717) is 46.5 Å². The second kappa shape index (κ2) is 12.2. The number of piperidine rings is 1. The van der Waals surface area contributed by atoms with Crippen molar-refractivity contribution in [2.45, 2.75) is 18.8 Å². The van der Waals surface area contributed by atoms with E-state index in [-0.39, 0.29) is 41.0 Å². The predicted molar refractivity (Wildman–Crippen MR) is 167 cm³/mol. The molecule has 2 aromatic heterocycles. The summed E-state index contributed by atoms with van der Waals surface area (Å²) in [5, 5.41) is 3.35. The third-order valence-corrected chi connectivity index (χ3v) is 8.72. The Morgan fingerprint density at radius 3 is 2.39 bits per heavy atom.